The molecule has 0 atom stereocenters. The van der Waals surface area contributed by atoms with Gasteiger partial charge in [-0.2, -0.15) is 4.98 Å². The van der Waals surface area contributed by atoms with E-state index in [9.17, 15) is 0 Å². The zero-order valence-corrected chi connectivity index (χ0v) is 14.1. The Hall–Kier alpha value is -2.60. The van der Waals surface area contributed by atoms with Gasteiger partial charge in [0.1, 0.15) is 5.82 Å². The Morgan fingerprint density at radius 1 is 1.08 bits per heavy atom. The molecule has 0 bridgehead atoms. The van der Waals surface area contributed by atoms with E-state index in [-0.39, 0.29) is 0 Å². The maximum Gasteiger partial charge on any atom is 0.222 e. The van der Waals surface area contributed by atoms with Gasteiger partial charge in [0, 0.05) is 54.9 Å². The molecule has 1 fully saturated rings. The largest absolute Gasteiger partial charge is 0.368 e. The lowest BCUT2D eigenvalue weighted by molar-refractivity contribution is 0.312. The number of H-pyrrole nitrogens is 1. The minimum absolute atomic E-state index is 0.323. The summed E-state index contributed by atoms with van der Waals surface area (Å²) in [6.45, 7) is 6.08. The number of aryl methyl sites for hydroxylation is 1. The first-order valence-electron chi connectivity index (χ1n) is 8.26. The van der Waals surface area contributed by atoms with Gasteiger partial charge >= 0.3 is 0 Å². The second-order valence-electron chi connectivity index (χ2n) is 6.51. The normalized spacial score (nSPS) is 16.0. The highest BCUT2D eigenvalue weighted by molar-refractivity contribution is 5.95. The summed E-state index contributed by atoms with van der Waals surface area (Å²) < 4.78 is 0. The summed E-state index contributed by atoms with van der Waals surface area (Å²) in [6.07, 6.45) is 2.00. The number of hydrogen-bond donors (Lipinski definition) is 2. The fraction of sp³-hybridized carbons (Fsp3) is 0.333. The molecule has 0 saturated carbocycles. The van der Waals surface area contributed by atoms with Crippen LogP contribution in [-0.2, 0) is 0 Å². The number of nitrogens with zero attached hydrogens (tertiary/aromatic N) is 4. The third-order valence-electron chi connectivity index (χ3n) is 4.67. The summed E-state index contributed by atoms with van der Waals surface area (Å²) in [7, 11) is 2.14. The number of aromatic nitrogens is 3. The van der Waals surface area contributed by atoms with Crippen molar-refractivity contribution in [2.75, 3.05) is 43.9 Å². The Bertz CT molecular complexity index is 876. The van der Waals surface area contributed by atoms with Gasteiger partial charge in [-0.15, -0.1) is 0 Å². The standard InChI is InChI=1S/C18H22N6/c1-12-3-4-15-13(9-12)14(11-20-15)16-10-17(22-18(19)21-16)24-7-5-23(2)6-8-24/h3-4,9-11,20H,5-8H2,1-2H3,(H2,19,21,22). The molecule has 0 unspecified atom stereocenters. The molecule has 1 aliphatic rings. The van der Waals surface area contributed by atoms with Crippen molar-refractivity contribution in [3.8, 4) is 11.3 Å². The maximum absolute atomic E-state index is 6.00. The average Bonchev–Trinajstić information content (AvgIpc) is 2.98. The average molecular weight is 322 g/mol. The number of benzene rings is 1. The van der Waals surface area contributed by atoms with Crippen LogP contribution in [0, 0.1) is 6.92 Å². The molecule has 1 aromatic carbocycles. The van der Waals surface area contributed by atoms with Crippen molar-refractivity contribution in [2.24, 2.45) is 0 Å². The number of nitrogens with two attached hydrogens (primary N) is 1. The Kier molecular flexibility index (Phi) is 3.61. The Morgan fingerprint density at radius 3 is 2.67 bits per heavy atom. The first-order valence-corrected chi connectivity index (χ1v) is 8.26. The summed E-state index contributed by atoms with van der Waals surface area (Å²) in [5.41, 5.74) is 10.3. The number of fused-ring (bicyclic) bond motifs is 1. The smallest absolute Gasteiger partial charge is 0.222 e. The van der Waals surface area contributed by atoms with Crippen molar-refractivity contribution in [1.29, 1.82) is 0 Å². The molecule has 1 aliphatic heterocycles. The molecule has 24 heavy (non-hydrogen) atoms. The molecule has 0 spiro atoms. The number of hydrogen-bond acceptors (Lipinski definition) is 5. The number of nitrogen functional groups attached to an aromatic ring is 1. The van der Waals surface area contributed by atoms with E-state index in [2.05, 4.69) is 56.9 Å². The van der Waals surface area contributed by atoms with Crippen molar-refractivity contribution < 1.29 is 0 Å². The Labute approximate surface area is 141 Å². The zero-order chi connectivity index (χ0) is 16.7. The number of nitrogens with one attached hydrogen (secondary N) is 1. The second kappa shape index (κ2) is 5.79. The predicted octanol–water partition coefficient (Wildman–Crippen LogP) is 2.27. The number of piperazine rings is 1. The zero-order valence-electron chi connectivity index (χ0n) is 14.1. The van der Waals surface area contributed by atoms with E-state index in [1.165, 1.54) is 5.56 Å². The van der Waals surface area contributed by atoms with Crippen LogP contribution in [0.5, 0.6) is 0 Å². The Morgan fingerprint density at radius 2 is 1.88 bits per heavy atom. The maximum atomic E-state index is 6.00. The molecule has 2 aromatic heterocycles. The van der Waals surface area contributed by atoms with E-state index in [1.807, 2.05) is 12.3 Å². The van der Waals surface area contributed by atoms with Gasteiger partial charge in [0.2, 0.25) is 5.95 Å². The van der Waals surface area contributed by atoms with E-state index >= 15 is 0 Å². The third kappa shape index (κ3) is 2.69. The summed E-state index contributed by atoms with van der Waals surface area (Å²) in [6, 6.07) is 8.42. The lowest BCUT2D eigenvalue weighted by Gasteiger charge is -2.33. The number of likely N-dealkylation sites (N-methyl/N-ethyl adjacent to an activating group) is 1. The quantitative estimate of drug-likeness (QED) is 0.757. The molecule has 4 rings (SSSR count). The van der Waals surface area contributed by atoms with E-state index in [0.29, 0.717) is 5.95 Å². The third-order valence-corrected chi connectivity index (χ3v) is 4.67. The number of rotatable bonds is 2. The Balaban J connectivity index is 1.76. The molecule has 0 radical (unpaired) electrons. The van der Waals surface area contributed by atoms with E-state index in [4.69, 9.17) is 5.73 Å². The van der Waals surface area contributed by atoms with Gasteiger partial charge in [0.15, 0.2) is 0 Å². The fourth-order valence-electron chi connectivity index (χ4n) is 3.23. The van der Waals surface area contributed by atoms with Gasteiger partial charge in [0.05, 0.1) is 5.69 Å². The lowest BCUT2D eigenvalue weighted by atomic mass is 10.1. The van der Waals surface area contributed by atoms with Crippen LogP contribution >= 0.6 is 0 Å². The molecule has 3 aromatic rings. The van der Waals surface area contributed by atoms with Crippen LogP contribution in [0.15, 0.2) is 30.5 Å². The predicted molar refractivity (Wildman–Crippen MR) is 98.2 cm³/mol. The van der Waals surface area contributed by atoms with Crippen molar-refractivity contribution >= 4 is 22.7 Å². The molecule has 6 nitrogen and oxygen atoms in total. The fourth-order valence-corrected chi connectivity index (χ4v) is 3.23. The van der Waals surface area contributed by atoms with Gasteiger partial charge in [-0.3, -0.25) is 0 Å². The summed E-state index contributed by atoms with van der Waals surface area (Å²) in [5, 5.41) is 1.16. The number of aromatic amines is 1. The molecule has 1 saturated heterocycles. The first kappa shape index (κ1) is 15.0. The minimum atomic E-state index is 0.323. The molecular formula is C18H22N6. The van der Waals surface area contributed by atoms with Gasteiger partial charge in [-0.05, 0) is 26.1 Å². The topological polar surface area (TPSA) is 74.1 Å². The van der Waals surface area contributed by atoms with Crippen LogP contribution in [0.4, 0.5) is 11.8 Å². The van der Waals surface area contributed by atoms with Crippen LogP contribution < -0.4 is 10.6 Å². The second-order valence-corrected chi connectivity index (χ2v) is 6.51. The van der Waals surface area contributed by atoms with Gasteiger partial charge in [-0.1, -0.05) is 11.6 Å². The van der Waals surface area contributed by atoms with Gasteiger partial charge in [0.25, 0.3) is 0 Å². The molecule has 3 heterocycles. The highest BCUT2D eigenvalue weighted by Crippen LogP contribution is 2.30. The molecular weight excluding hydrogens is 300 g/mol. The van der Waals surface area contributed by atoms with E-state index in [0.717, 1.165) is 54.2 Å². The van der Waals surface area contributed by atoms with Crippen LogP contribution in [0.1, 0.15) is 5.56 Å². The summed E-state index contributed by atoms with van der Waals surface area (Å²) >= 11 is 0. The van der Waals surface area contributed by atoms with Crippen molar-refractivity contribution in [2.45, 2.75) is 6.92 Å². The highest BCUT2D eigenvalue weighted by Gasteiger charge is 2.18. The van der Waals surface area contributed by atoms with Crippen molar-refractivity contribution in [3.63, 3.8) is 0 Å². The molecule has 0 aliphatic carbocycles. The van der Waals surface area contributed by atoms with Crippen LogP contribution in [0.2, 0.25) is 0 Å². The molecule has 0 amide bonds. The summed E-state index contributed by atoms with van der Waals surface area (Å²) in [5.74, 6) is 1.23. The highest BCUT2D eigenvalue weighted by atomic mass is 15.3. The van der Waals surface area contributed by atoms with Crippen molar-refractivity contribution in [3.05, 3.63) is 36.0 Å². The van der Waals surface area contributed by atoms with Crippen LogP contribution in [-0.4, -0.2) is 53.1 Å². The lowest BCUT2D eigenvalue weighted by Crippen LogP contribution is -2.44. The van der Waals surface area contributed by atoms with E-state index < -0.39 is 0 Å². The van der Waals surface area contributed by atoms with E-state index in [1.54, 1.807) is 0 Å². The monoisotopic (exact) mass is 322 g/mol. The number of anilines is 2. The first-order chi connectivity index (χ1) is 11.6. The molecule has 3 N–H and O–H groups in total. The van der Waals surface area contributed by atoms with Crippen molar-refractivity contribution in [1.82, 2.24) is 19.9 Å². The molecule has 124 valence electrons. The van der Waals surface area contributed by atoms with Crippen LogP contribution in [0.25, 0.3) is 22.2 Å². The summed E-state index contributed by atoms with van der Waals surface area (Å²) in [4.78, 5) is 16.8. The van der Waals surface area contributed by atoms with Crippen LogP contribution in [0.3, 0.4) is 0 Å². The molecule has 6 heteroatoms. The van der Waals surface area contributed by atoms with Gasteiger partial charge < -0.3 is 20.5 Å². The minimum Gasteiger partial charge on any atom is -0.368 e. The van der Waals surface area contributed by atoms with Gasteiger partial charge in [-0.25, -0.2) is 4.98 Å². The SMILES string of the molecule is Cc1ccc2[nH]cc(-c3cc(N4CCN(C)CC4)nc(N)n3)c2c1.